The lowest BCUT2D eigenvalue weighted by molar-refractivity contribution is 0.128. The first-order chi connectivity index (χ1) is 8.24. The van der Waals surface area contributed by atoms with Gasteiger partial charge in [0.05, 0.1) is 0 Å². The largest absolute Gasteiger partial charge is 0.397 e. The van der Waals surface area contributed by atoms with Gasteiger partial charge in [0, 0.05) is 19.8 Å². The van der Waals surface area contributed by atoms with E-state index in [0.717, 1.165) is 26.3 Å². The van der Waals surface area contributed by atoms with Crippen LogP contribution in [0.15, 0.2) is 0 Å². The minimum absolute atomic E-state index is 0.250. The predicted molar refractivity (Wildman–Crippen MR) is 77.6 cm³/mol. The normalized spacial score (nSPS) is 8.82. The van der Waals surface area contributed by atoms with E-state index in [1.165, 1.54) is 25.7 Å². The Morgan fingerprint density at radius 2 is 1.18 bits per heavy atom. The SMILES string of the molecule is CCCCOCCCC.CCNCC.CCO. The van der Waals surface area contributed by atoms with Gasteiger partial charge in [-0.05, 0) is 32.9 Å². The summed E-state index contributed by atoms with van der Waals surface area (Å²) in [6.45, 7) is 14.6. The van der Waals surface area contributed by atoms with Gasteiger partial charge in [0.2, 0.25) is 0 Å². The van der Waals surface area contributed by atoms with Crippen molar-refractivity contribution in [3.63, 3.8) is 0 Å². The molecular weight excluding hydrogens is 214 g/mol. The first-order valence-electron chi connectivity index (χ1n) is 7.14. The molecule has 0 radical (unpaired) electrons. The van der Waals surface area contributed by atoms with Crippen molar-refractivity contribution in [3.05, 3.63) is 0 Å². The van der Waals surface area contributed by atoms with Gasteiger partial charge in [-0.2, -0.15) is 0 Å². The topological polar surface area (TPSA) is 41.5 Å². The molecule has 2 N–H and O–H groups in total. The van der Waals surface area contributed by atoms with Crippen LogP contribution in [-0.2, 0) is 4.74 Å². The predicted octanol–water partition coefficient (Wildman–Crippen LogP) is 3.22. The molecule has 3 heteroatoms. The quantitative estimate of drug-likeness (QED) is 0.649. The van der Waals surface area contributed by atoms with Crippen LogP contribution in [0.4, 0.5) is 0 Å². The molecule has 0 aliphatic heterocycles. The highest BCUT2D eigenvalue weighted by atomic mass is 16.5. The first-order valence-corrected chi connectivity index (χ1v) is 7.14. The van der Waals surface area contributed by atoms with E-state index >= 15 is 0 Å². The number of unbranched alkanes of at least 4 members (excludes halogenated alkanes) is 2. The number of hydrogen-bond acceptors (Lipinski definition) is 3. The molecule has 0 rings (SSSR count). The number of rotatable bonds is 8. The zero-order valence-electron chi connectivity index (χ0n) is 12.7. The molecule has 0 aliphatic carbocycles. The van der Waals surface area contributed by atoms with Crippen LogP contribution in [0.1, 0.15) is 60.3 Å². The maximum Gasteiger partial charge on any atom is 0.0465 e. The lowest BCUT2D eigenvalue weighted by Gasteiger charge is -1.99. The third-order valence-corrected chi connectivity index (χ3v) is 1.78. The molecule has 108 valence electrons. The molecule has 0 aliphatic rings. The average Bonchev–Trinajstić information content (AvgIpc) is 2.32. The van der Waals surface area contributed by atoms with E-state index in [2.05, 4.69) is 33.0 Å². The second-order valence-corrected chi connectivity index (χ2v) is 3.59. The van der Waals surface area contributed by atoms with Gasteiger partial charge in [0.15, 0.2) is 0 Å². The highest BCUT2D eigenvalue weighted by Crippen LogP contribution is 1.91. The second kappa shape index (κ2) is 29.7. The fourth-order valence-electron chi connectivity index (χ4n) is 0.845. The molecule has 0 amide bonds. The van der Waals surface area contributed by atoms with Crippen LogP contribution < -0.4 is 5.32 Å². The van der Waals surface area contributed by atoms with Crippen LogP contribution in [0, 0.1) is 0 Å². The number of nitrogens with one attached hydrogen (secondary N) is 1. The minimum atomic E-state index is 0.250. The smallest absolute Gasteiger partial charge is 0.0465 e. The van der Waals surface area contributed by atoms with Crippen molar-refractivity contribution >= 4 is 0 Å². The van der Waals surface area contributed by atoms with Gasteiger partial charge in [-0.15, -0.1) is 0 Å². The Balaban J connectivity index is -0.000000207. The summed E-state index contributed by atoms with van der Waals surface area (Å²) in [7, 11) is 0. The van der Waals surface area contributed by atoms with Crippen molar-refractivity contribution in [2.75, 3.05) is 32.9 Å². The van der Waals surface area contributed by atoms with Crippen molar-refractivity contribution in [2.24, 2.45) is 0 Å². The van der Waals surface area contributed by atoms with Gasteiger partial charge in [-0.1, -0.05) is 40.5 Å². The highest BCUT2D eigenvalue weighted by molar-refractivity contribution is 4.33. The van der Waals surface area contributed by atoms with E-state index in [0.29, 0.717) is 0 Å². The van der Waals surface area contributed by atoms with Gasteiger partial charge >= 0.3 is 0 Å². The molecule has 0 saturated carbocycles. The zero-order chi connectivity index (χ0) is 13.8. The molecule has 0 aromatic rings. The van der Waals surface area contributed by atoms with Crippen molar-refractivity contribution < 1.29 is 9.84 Å². The van der Waals surface area contributed by atoms with E-state index in [1.54, 1.807) is 6.92 Å². The first kappa shape index (κ1) is 22.1. The zero-order valence-corrected chi connectivity index (χ0v) is 12.7. The third kappa shape index (κ3) is 49.3. The van der Waals surface area contributed by atoms with Gasteiger partial charge in [-0.25, -0.2) is 0 Å². The minimum Gasteiger partial charge on any atom is -0.397 e. The highest BCUT2D eigenvalue weighted by Gasteiger charge is 1.84. The Bertz CT molecular complexity index is 82.3. The van der Waals surface area contributed by atoms with Crippen LogP contribution >= 0.6 is 0 Å². The maximum atomic E-state index is 7.57. The molecule has 0 heterocycles. The number of hydrogen-bond donors (Lipinski definition) is 2. The average molecular weight is 249 g/mol. The fourth-order valence-corrected chi connectivity index (χ4v) is 0.845. The molecule has 0 atom stereocenters. The molecule has 17 heavy (non-hydrogen) atoms. The van der Waals surface area contributed by atoms with Gasteiger partial charge in [0.25, 0.3) is 0 Å². The molecule has 0 saturated heterocycles. The lowest BCUT2D eigenvalue weighted by atomic mass is 10.3. The Hall–Kier alpha value is -0.120. The van der Waals surface area contributed by atoms with Crippen LogP contribution in [0.3, 0.4) is 0 Å². The summed E-state index contributed by atoms with van der Waals surface area (Å²) in [4.78, 5) is 0. The van der Waals surface area contributed by atoms with E-state index in [-0.39, 0.29) is 6.61 Å². The van der Waals surface area contributed by atoms with Crippen LogP contribution in [0.25, 0.3) is 0 Å². The Labute approximate surface area is 109 Å². The summed E-state index contributed by atoms with van der Waals surface area (Å²) in [5.41, 5.74) is 0. The summed E-state index contributed by atoms with van der Waals surface area (Å²) in [6.07, 6.45) is 4.91. The molecule has 0 spiro atoms. The Kier molecular flexibility index (Phi) is 38.6. The molecule has 0 aromatic carbocycles. The summed E-state index contributed by atoms with van der Waals surface area (Å²) in [5, 5.41) is 10.7. The molecule has 0 fully saturated rings. The van der Waals surface area contributed by atoms with Gasteiger partial charge in [-0.3, -0.25) is 0 Å². The van der Waals surface area contributed by atoms with Gasteiger partial charge in [0.1, 0.15) is 0 Å². The van der Waals surface area contributed by atoms with E-state index < -0.39 is 0 Å². The van der Waals surface area contributed by atoms with E-state index in [4.69, 9.17) is 9.84 Å². The van der Waals surface area contributed by atoms with Crippen molar-refractivity contribution in [3.8, 4) is 0 Å². The molecule has 0 bridgehead atoms. The van der Waals surface area contributed by atoms with Crippen LogP contribution in [-0.4, -0.2) is 38.0 Å². The second-order valence-electron chi connectivity index (χ2n) is 3.59. The summed E-state index contributed by atoms with van der Waals surface area (Å²) < 4.78 is 5.31. The number of aliphatic hydroxyl groups is 1. The monoisotopic (exact) mass is 249 g/mol. The van der Waals surface area contributed by atoms with Crippen molar-refractivity contribution in [1.29, 1.82) is 0 Å². The Morgan fingerprint density at radius 1 is 0.824 bits per heavy atom. The molecular formula is C14H35NO2. The van der Waals surface area contributed by atoms with Crippen molar-refractivity contribution in [1.82, 2.24) is 5.32 Å². The van der Waals surface area contributed by atoms with E-state index in [9.17, 15) is 0 Å². The lowest BCUT2D eigenvalue weighted by Crippen LogP contribution is -2.09. The van der Waals surface area contributed by atoms with Crippen LogP contribution in [0.5, 0.6) is 0 Å². The van der Waals surface area contributed by atoms with Crippen LogP contribution in [0.2, 0.25) is 0 Å². The third-order valence-electron chi connectivity index (χ3n) is 1.78. The maximum absolute atomic E-state index is 7.57. The van der Waals surface area contributed by atoms with Crippen molar-refractivity contribution in [2.45, 2.75) is 60.3 Å². The number of aliphatic hydroxyl groups excluding tert-OH is 1. The molecule has 3 nitrogen and oxygen atoms in total. The number of ether oxygens (including phenoxy) is 1. The fraction of sp³-hybridized carbons (Fsp3) is 1.00. The Morgan fingerprint density at radius 3 is 1.35 bits per heavy atom. The van der Waals surface area contributed by atoms with Gasteiger partial charge < -0.3 is 15.2 Å². The molecule has 0 aromatic heterocycles. The summed E-state index contributed by atoms with van der Waals surface area (Å²) in [5.74, 6) is 0. The summed E-state index contributed by atoms with van der Waals surface area (Å²) >= 11 is 0. The molecule has 0 unspecified atom stereocenters. The van der Waals surface area contributed by atoms with E-state index in [1.807, 2.05) is 0 Å². The standard InChI is InChI=1S/C8H18O.C4H11N.C2H6O/c1-3-5-7-9-8-6-4-2;1-3-5-4-2;1-2-3/h3-8H2,1-2H3;5H,3-4H2,1-2H3;3H,2H2,1H3. The summed E-state index contributed by atoms with van der Waals surface area (Å²) in [6, 6.07) is 0.